The van der Waals surface area contributed by atoms with E-state index in [9.17, 15) is 4.39 Å². The highest BCUT2D eigenvalue weighted by Crippen LogP contribution is 2.24. The van der Waals surface area contributed by atoms with Crippen molar-refractivity contribution in [2.45, 2.75) is 59.1 Å². The van der Waals surface area contributed by atoms with Crippen LogP contribution in [0.5, 0.6) is 0 Å². The van der Waals surface area contributed by atoms with Gasteiger partial charge in [0.15, 0.2) is 0 Å². The molecule has 0 aliphatic heterocycles. The van der Waals surface area contributed by atoms with Crippen molar-refractivity contribution in [2.24, 2.45) is 0 Å². The fourth-order valence-corrected chi connectivity index (χ4v) is 2.64. The van der Waals surface area contributed by atoms with Gasteiger partial charge in [-0.05, 0) is 63.4 Å². The smallest absolute Gasteiger partial charge is 0.123 e. The first-order valence-corrected chi connectivity index (χ1v) is 7.59. The summed E-state index contributed by atoms with van der Waals surface area (Å²) in [5.74, 6) is -0.172. The maximum Gasteiger partial charge on any atom is 0.123 e. The Morgan fingerprint density at radius 2 is 2.00 bits per heavy atom. The van der Waals surface area contributed by atoms with Crippen molar-refractivity contribution in [3.05, 3.63) is 35.1 Å². The lowest BCUT2D eigenvalue weighted by Crippen LogP contribution is -2.51. The Morgan fingerprint density at radius 1 is 1.30 bits per heavy atom. The molecule has 1 rings (SSSR count). The molecule has 3 heteroatoms. The molecule has 114 valence electrons. The van der Waals surface area contributed by atoms with Crippen molar-refractivity contribution in [3.8, 4) is 0 Å². The third-order valence-corrected chi connectivity index (χ3v) is 4.09. The molecular formula is C17H28FNO. The van der Waals surface area contributed by atoms with Crippen LogP contribution in [0.4, 0.5) is 4.39 Å². The standard InChI is InChI=1S/C17H28FNO/c1-6-17(5,20-8-3)16(19-7-2)12-14-9-10-15(18)11-13(14)4/h9-11,16,19H,6-8,12H2,1-5H3. The first-order chi connectivity index (χ1) is 9.46. The highest BCUT2D eigenvalue weighted by atomic mass is 19.1. The second kappa shape index (κ2) is 7.75. The molecule has 0 bridgehead atoms. The third-order valence-electron chi connectivity index (χ3n) is 4.09. The Labute approximate surface area is 122 Å². The fraction of sp³-hybridized carbons (Fsp3) is 0.647. The number of rotatable bonds is 8. The molecule has 20 heavy (non-hydrogen) atoms. The highest BCUT2D eigenvalue weighted by Gasteiger charge is 2.33. The average molecular weight is 281 g/mol. The Morgan fingerprint density at radius 3 is 2.50 bits per heavy atom. The van der Waals surface area contributed by atoms with E-state index in [1.165, 1.54) is 11.6 Å². The minimum Gasteiger partial charge on any atom is -0.374 e. The van der Waals surface area contributed by atoms with Crippen molar-refractivity contribution >= 4 is 0 Å². The number of hydrogen-bond acceptors (Lipinski definition) is 2. The van der Waals surface area contributed by atoms with Gasteiger partial charge >= 0.3 is 0 Å². The molecule has 2 unspecified atom stereocenters. The van der Waals surface area contributed by atoms with Gasteiger partial charge in [0.2, 0.25) is 0 Å². The molecule has 0 aliphatic rings. The maximum atomic E-state index is 13.2. The summed E-state index contributed by atoms with van der Waals surface area (Å²) in [5.41, 5.74) is 1.98. The fourth-order valence-electron chi connectivity index (χ4n) is 2.64. The Bertz CT molecular complexity index is 421. The molecule has 1 aromatic rings. The molecule has 1 N–H and O–H groups in total. The largest absolute Gasteiger partial charge is 0.374 e. The zero-order chi connectivity index (χ0) is 15.2. The molecule has 0 radical (unpaired) electrons. The summed E-state index contributed by atoms with van der Waals surface area (Å²) in [6.45, 7) is 12.0. The number of halogens is 1. The number of nitrogens with one attached hydrogen (secondary N) is 1. The molecule has 2 atom stereocenters. The van der Waals surface area contributed by atoms with Gasteiger partial charge in [-0.1, -0.05) is 19.9 Å². The van der Waals surface area contributed by atoms with Gasteiger partial charge in [0.05, 0.1) is 5.60 Å². The first-order valence-electron chi connectivity index (χ1n) is 7.59. The Balaban J connectivity index is 2.96. The van der Waals surface area contributed by atoms with E-state index in [0.717, 1.165) is 24.9 Å². The molecule has 0 aliphatic carbocycles. The van der Waals surface area contributed by atoms with Crippen LogP contribution in [0.15, 0.2) is 18.2 Å². The average Bonchev–Trinajstić information content (AvgIpc) is 2.41. The Kier molecular flexibility index (Phi) is 6.63. The first kappa shape index (κ1) is 17.1. The minimum absolute atomic E-state index is 0.172. The second-order valence-corrected chi connectivity index (χ2v) is 5.48. The molecule has 1 aromatic carbocycles. The second-order valence-electron chi connectivity index (χ2n) is 5.48. The lowest BCUT2D eigenvalue weighted by atomic mass is 9.87. The van der Waals surface area contributed by atoms with Crippen LogP contribution in [-0.4, -0.2) is 24.8 Å². The summed E-state index contributed by atoms with van der Waals surface area (Å²) in [7, 11) is 0. The van der Waals surface area contributed by atoms with Crippen molar-refractivity contribution in [1.29, 1.82) is 0 Å². The molecule has 0 heterocycles. The molecule has 0 saturated carbocycles. The summed E-state index contributed by atoms with van der Waals surface area (Å²) >= 11 is 0. The quantitative estimate of drug-likeness (QED) is 0.781. The van der Waals surface area contributed by atoms with Gasteiger partial charge in [0.1, 0.15) is 5.82 Å². The van der Waals surface area contributed by atoms with E-state index in [-0.39, 0.29) is 17.5 Å². The summed E-state index contributed by atoms with van der Waals surface area (Å²) < 4.78 is 19.2. The van der Waals surface area contributed by atoms with E-state index in [1.54, 1.807) is 6.07 Å². The summed E-state index contributed by atoms with van der Waals surface area (Å²) in [6, 6.07) is 5.25. The topological polar surface area (TPSA) is 21.3 Å². The van der Waals surface area contributed by atoms with Crippen LogP contribution in [0.25, 0.3) is 0 Å². The van der Waals surface area contributed by atoms with Crippen LogP contribution in [0.1, 0.15) is 45.2 Å². The summed E-state index contributed by atoms with van der Waals surface area (Å²) in [4.78, 5) is 0. The molecule has 0 amide bonds. The van der Waals surface area contributed by atoms with Crippen molar-refractivity contribution in [2.75, 3.05) is 13.2 Å². The van der Waals surface area contributed by atoms with Crippen molar-refractivity contribution in [1.82, 2.24) is 5.32 Å². The third kappa shape index (κ3) is 4.29. The number of hydrogen-bond donors (Lipinski definition) is 1. The van der Waals surface area contributed by atoms with Crippen LogP contribution in [-0.2, 0) is 11.2 Å². The molecule has 0 aromatic heterocycles. The van der Waals surface area contributed by atoms with Crippen LogP contribution >= 0.6 is 0 Å². The van der Waals surface area contributed by atoms with E-state index in [0.29, 0.717) is 6.61 Å². The van der Waals surface area contributed by atoms with E-state index in [1.807, 2.05) is 19.9 Å². The van der Waals surface area contributed by atoms with Crippen LogP contribution in [0.2, 0.25) is 0 Å². The van der Waals surface area contributed by atoms with Gasteiger partial charge in [0.25, 0.3) is 0 Å². The van der Waals surface area contributed by atoms with Gasteiger partial charge in [-0.15, -0.1) is 0 Å². The normalized spacial score (nSPS) is 15.9. The molecule has 0 saturated heterocycles. The summed E-state index contributed by atoms with van der Waals surface area (Å²) in [5, 5.41) is 3.53. The predicted molar refractivity (Wildman–Crippen MR) is 82.6 cm³/mol. The van der Waals surface area contributed by atoms with E-state index in [4.69, 9.17) is 4.74 Å². The van der Waals surface area contributed by atoms with Gasteiger partial charge in [-0.3, -0.25) is 0 Å². The number of likely N-dealkylation sites (N-methyl/N-ethyl adjacent to an activating group) is 1. The summed E-state index contributed by atoms with van der Waals surface area (Å²) in [6.07, 6.45) is 1.79. The molecule has 0 spiro atoms. The van der Waals surface area contributed by atoms with E-state index in [2.05, 4.69) is 26.1 Å². The number of aryl methyl sites for hydroxylation is 1. The highest BCUT2D eigenvalue weighted by molar-refractivity contribution is 5.28. The van der Waals surface area contributed by atoms with Crippen molar-refractivity contribution < 1.29 is 9.13 Å². The number of ether oxygens (including phenoxy) is 1. The SMILES string of the molecule is CCNC(Cc1ccc(F)cc1C)C(C)(CC)OCC. The van der Waals surface area contributed by atoms with Gasteiger partial charge < -0.3 is 10.1 Å². The van der Waals surface area contributed by atoms with E-state index < -0.39 is 0 Å². The van der Waals surface area contributed by atoms with Gasteiger partial charge in [0, 0.05) is 12.6 Å². The Hall–Kier alpha value is -0.930. The molecule has 0 fully saturated rings. The van der Waals surface area contributed by atoms with E-state index >= 15 is 0 Å². The van der Waals surface area contributed by atoms with Crippen LogP contribution < -0.4 is 5.32 Å². The zero-order valence-corrected chi connectivity index (χ0v) is 13.4. The minimum atomic E-state index is -0.203. The maximum absolute atomic E-state index is 13.2. The molecule has 2 nitrogen and oxygen atoms in total. The predicted octanol–water partition coefficient (Wildman–Crippen LogP) is 3.86. The van der Waals surface area contributed by atoms with Crippen LogP contribution in [0.3, 0.4) is 0 Å². The zero-order valence-electron chi connectivity index (χ0n) is 13.4. The number of benzene rings is 1. The molecular weight excluding hydrogens is 253 g/mol. The van der Waals surface area contributed by atoms with Gasteiger partial charge in [-0.25, -0.2) is 4.39 Å². The lowest BCUT2D eigenvalue weighted by Gasteiger charge is -2.37. The van der Waals surface area contributed by atoms with Gasteiger partial charge in [-0.2, -0.15) is 0 Å². The van der Waals surface area contributed by atoms with Crippen molar-refractivity contribution in [3.63, 3.8) is 0 Å². The van der Waals surface area contributed by atoms with Crippen LogP contribution in [0, 0.1) is 12.7 Å². The lowest BCUT2D eigenvalue weighted by molar-refractivity contribution is -0.0547. The monoisotopic (exact) mass is 281 g/mol.